The quantitative estimate of drug-likeness (QED) is 0.773. The molecule has 10 heteroatoms. The topological polar surface area (TPSA) is 99.0 Å². The number of fused-ring (bicyclic) bond motifs is 1. The maximum absolute atomic E-state index is 12.4. The zero-order valence-electron chi connectivity index (χ0n) is 15.8. The van der Waals surface area contributed by atoms with Crippen molar-refractivity contribution in [2.45, 2.75) is 62.6 Å². The molecule has 2 aromatic rings. The Balaban J connectivity index is 1.68. The molecule has 0 aliphatic heterocycles. The molecule has 0 bridgehead atoms. The third kappa shape index (κ3) is 5.29. The predicted molar refractivity (Wildman–Crippen MR) is 104 cm³/mol. The first kappa shape index (κ1) is 19.8. The number of thioether (sulfide) groups is 1. The number of carbonyl (C=O) groups is 1. The van der Waals surface area contributed by atoms with Gasteiger partial charge in [-0.25, -0.2) is 9.48 Å². The molecule has 1 N–H and O–H groups in total. The molecular weight excluding hydrogens is 386 g/mol. The molecule has 0 fully saturated rings. The molecule has 0 aromatic carbocycles. The Morgan fingerprint density at radius 1 is 1.44 bits per heavy atom. The van der Waals surface area contributed by atoms with Gasteiger partial charge in [0.15, 0.2) is 4.34 Å². The maximum Gasteiger partial charge on any atom is 0.407 e. The van der Waals surface area contributed by atoms with E-state index >= 15 is 0 Å². The second kappa shape index (κ2) is 7.97. The van der Waals surface area contributed by atoms with E-state index < -0.39 is 11.7 Å². The van der Waals surface area contributed by atoms with E-state index in [0.29, 0.717) is 19.4 Å². The van der Waals surface area contributed by atoms with Crippen LogP contribution in [0.5, 0.6) is 0 Å². The van der Waals surface area contributed by atoms with Gasteiger partial charge in [-0.05, 0) is 51.9 Å². The van der Waals surface area contributed by atoms with Crippen LogP contribution in [0.3, 0.4) is 0 Å². The van der Waals surface area contributed by atoms with Crippen LogP contribution in [0.15, 0.2) is 15.2 Å². The van der Waals surface area contributed by atoms with Gasteiger partial charge in [0.1, 0.15) is 10.6 Å². The van der Waals surface area contributed by atoms with E-state index in [4.69, 9.17) is 4.74 Å². The first-order valence-electron chi connectivity index (χ1n) is 8.69. The monoisotopic (exact) mass is 409 g/mol. The molecule has 2 heterocycles. The minimum absolute atomic E-state index is 0.0586. The van der Waals surface area contributed by atoms with Crippen LogP contribution in [-0.2, 0) is 24.1 Å². The highest BCUT2D eigenvalue weighted by molar-refractivity contribution is 8.00. The van der Waals surface area contributed by atoms with Gasteiger partial charge >= 0.3 is 6.09 Å². The Labute approximate surface area is 165 Å². The fourth-order valence-corrected chi connectivity index (χ4v) is 4.15. The number of amides is 1. The zero-order valence-corrected chi connectivity index (χ0v) is 17.4. The zero-order chi connectivity index (χ0) is 19.6. The van der Waals surface area contributed by atoms with Gasteiger partial charge in [0, 0.05) is 12.1 Å². The van der Waals surface area contributed by atoms with Crippen LogP contribution >= 0.6 is 23.1 Å². The van der Waals surface area contributed by atoms with Crippen molar-refractivity contribution in [2.75, 3.05) is 6.26 Å². The lowest BCUT2D eigenvalue weighted by Gasteiger charge is -2.27. The van der Waals surface area contributed by atoms with Crippen LogP contribution in [0.25, 0.3) is 0 Å². The summed E-state index contributed by atoms with van der Waals surface area (Å²) >= 11 is 2.99. The van der Waals surface area contributed by atoms with Gasteiger partial charge in [0.2, 0.25) is 0 Å². The summed E-state index contributed by atoms with van der Waals surface area (Å²) in [5.41, 5.74) is 1.07. The van der Waals surface area contributed by atoms with Crippen LogP contribution in [-0.4, -0.2) is 44.0 Å². The summed E-state index contributed by atoms with van der Waals surface area (Å²) in [6, 6.07) is 1.55. The highest BCUT2D eigenvalue weighted by atomic mass is 32.2. The Kier molecular flexibility index (Phi) is 5.85. The molecule has 8 nitrogen and oxygen atoms in total. The van der Waals surface area contributed by atoms with Gasteiger partial charge in [0.25, 0.3) is 5.56 Å². The predicted octanol–water partition coefficient (Wildman–Crippen LogP) is 2.25. The van der Waals surface area contributed by atoms with Gasteiger partial charge in [-0.1, -0.05) is 23.1 Å². The molecule has 0 radical (unpaired) electrons. The van der Waals surface area contributed by atoms with E-state index in [9.17, 15) is 9.59 Å². The fourth-order valence-electron chi connectivity index (χ4n) is 2.86. The number of nitrogens with one attached hydrogen (secondary N) is 1. The average molecular weight is 410 g/mol. The Morgan fingerprint density at radius 3 is 2.89 bits per heavy atom. The van der Waals surface area contributed by atoms with Crippen LogP contribution < -0.4 is 10.9 Å². The molecule has 0 saturated carbocycles. The normalized spacial score (nSPS) is 16.7. The average Bonchev–Trinajstić information content (AvgIpc) is 3.01. The summed E-state index contributed by atoms with van der Waals surface area (Å²) in [5, 5.41) is 16.3. The largest absolute Gasteiger partial charge is 0.444 e. The molecule has 0 spiro atoms. The first-order chi connectivity index (χ1) is 12.7. The molecule has 27 heavy (non-hydrogen) atoms. The van der Waals surface area contributed by atoms with Crippen molar-refractivity contribution in [1.29, 1.82) is 0 Å². The lowest BCUT2D eigenvalue weighted by molar-refractivity contribution is 0.0500. The molecule has 0 saturated heterocycles. The SMILES string of the molecule is CSc1nnc(Cn2nc3c(cc2=O)CC(NC(=O)OC(C)(C)C)CC3)s1. The van der Waals surface area contributed by atoms with Crippen molar-refractivity contribution in [3.8, 4) is 0 Å². The van der Waals surface area contributed by atoms with E-state index in [1.807, 2.05) is 27.0 Å². The molecular formula is C17H23N5O3S2. The maximum atomic E-state index is 12.4. The number of aryl methyl sites for hydroxylation is 1. The van der Waals surface area contributed by atoms with E-state index in [1.165, 1.54) is 27.8 Å². The molecule has 2 aromatic heterocycles. The van der Waals surface area contributed by atoms with Gasteiger partial charge in [-0.3, -0.25) is 4.79 Å². The van der Waals surface area contributed by atoms with Gasteiger partial charge in [0.05, 0.1) is 12.2 Å². The van der Waals surface area contributed by atoms with Crippen molar-refractivity contribution in [1.82, 2.24) is 25.3 Å². The third-order valence-corrected chi connectivity index (χ3v) is 5.87. The van der Waals surface area contributed by atoms with Crippen LogP contribution in [0.1, 0.15) is 43.5 Å². The molecule has 3 rings (SSSR count). The van der Waals surface area contributed by atoms with Gasteiger partial charge in [-0.15, -0.1) is 10.2 Å². The smallest absolute Gasteiger partial charge is 0.407 e. The molecule has 1 atom stereocenters. The Bertz CT molecular complexity index is 887. The van der Waals surface area contributed by atoms with Gasteiger partial charge in [-0.2, -0.15) is 5.10 Å². The number of nitrogens with zero attached hydrogens (tertiary/aromatic N) is 4. The number of carbonyl (C=O) groups excluding carboxylic acids is 1. The van der Waals surface area contributed by atoms with E-state index in [1.54, 1.807) is 6.07 Å². The number of ether oxygens (including phenoxy) is 1. The molecule has 1 unspecified atom stereocenters. The molecule has 1 aliphatic rings. The van der Waals surface area contributed by atoms with Crippen molar-refractivity contribution in [3.05, 3.63) is 32.7 Å². The number of hydrogen-bond donors (Lipinski definition) is 1. The molecule has 1 aliphatic carbocycles. The van der Waals surface area contributed by atoms with Gasteiger partial charge < -0.3 is 10.1 Å². The van der Waals surface area contributed by atoms with Crippen molar-refractivity contribution in [2.24, 2.45) is 0 Å². The fraction of sp³-hybridized carbons (Fsp3) is 0.588. The summed E-state index contributed by atoms with van der Waals surface area (Å²) in [6.07, 6.45) is 3.54. The number of alkyl carbamates (subject to hydrolysis) is 1. The van der Waals surface area contributed by atoms with Crippen LogP contribution in [0.2, 0.25) is 0 Å². The highest BCUT2D eigenvalue weighted by Crippen LogP contribution is 2.21. The highest BCUT2D eigenvalue weighted by Gasteiger charge is 2.25. The van der Waals surface area contributed by atoms with Crippen molar-refractivity contribution in [3.63, 3.8) is 0 Å². The summed E-state index contributed by atoms with van der Waals surface area (Å²) in [4.78, 5) is 24.4. The molecule has 1 amide bonds. The number of hydrogen-bond acceptors (Lipinski definition) is 8. The minimum Gasteiger partial charge on any atom is -0.444 e. The second-order valence-corrected chi connectivity index (χ2v) is 9.48. The van der Waals surface area contributed by atoms with E-state index in [0.717, 1.165) is 27.0 Å². The third-order valence-electron chi connectivity index (χ3n) is 3.99. The number of aromatic nitrogens is 4. The molecule has 146 valence electrons. The van der Waals surface area contributed by atoms with E-state index in [-0.39, 0.29) is 11.6 Å². The summed E-state index contributed by atoms with van der Waals surface area (Å²) < 4.78 is 7.61. The van der Waals surface area contributed by atoms with Crippen LogP contribution in [0, 0.1) is 0 Å². The number of rotatable bonds is 4. The summed E-state index contributed by atoms with van der Waals surface area (Å²) in [6.45, 7) is 5.81. The van der Waals surface area contributed by atoms with Crippen molar-refractivity contribution < 1.29 is 9.53 Å². The summed E-state index contributed by atoms with van der Waals surface area (Å²) in [5.74, 6) is 0. The van der Waals surface area contributed by atoms with E-state index in [2.05, 4.69) is 20.6 Å². The lowest BCUT2D eigenvalue weighted by atomic mass is 9.92. The summed E-state index contributed by atoms with van der Waals surface area (Å²) in [7, 11) is 0. The lowest BCUT2D eigenvalue weighted by Crippen LogP contribution is -2.42. The Morgan fingerprint density at radius 2 is 2.22 bits per heavy atom. The first-order valence-corrected chi connectivity index (χ1v) is 10.7. The van der Waals surface area contributed by atoms with Crippen LogP contribution in [0.4, 0.5) is 4.79 Å². The minimum atomic E-state index is -0.535. The standard InChI is InChI=1S/C17H23N5O3S2/c1-17(2,3)25-15(24)18-11-5-6-12-10(7-11)8-14(23)22(21-12)9-13-19-20-16(26-4)27-13/h8,11H,5-7,9H2,1-4H3,(H,18,24). The second-order valence-electron chi connectivity index (χ2n) is 7.36. The Hall–Kier alpha value is -1.94. The van der Waals surface area contributed by atoms with Crippen molar-refractivity contribution >= 4 is 29.2 Å².